The molecular weight excluding hydrogens is 256 g/mol. The molecule has 1 aliphatic rings. The Morgan fingerprint density at radius 2 is 2.25 bits per heavy atom. The van der Waals surface area contributed by atoms with E-state index in [9.17, 15) is 9.59 Å². The van der Waals surface area contributed by atoms with Gasteiger partial charge in [0.25, 0.3) is 5.56 Å². The molecule has 6 heteroatoms. The summed E-state index contributed by atoms with van der Waals surface area (Å²) in [6.45, 7) is 1.19. The fourth-order valence-electron chi connectivity index (χ4n) is 2.43. The lowest BCUT2D eigenvalue weighted by atomic mass is 10.2. The maximum Gasteiger partial charge on any atom is 0.258 e. The van der Waals surface area contributed by atoms with Crippen molar-refractivity contribution in [1.82, 2.24) is 19.6 Å². The first kappa shape index (κ1) is 12.8. The van der Waals surface area contributed by atoms with Gasteiger partial charge in [-0.2, -0.15) is 0 Å². The fourth-order valence-corrected chi connectivity index (χ4v) is 2.43. The van der Waals surface area contributed by atoms with Crippen LogP contribution in [0.15, 0.2) is 35.3 Å². The first-order chi connectivity index (χ1) is 9.65. The van der Waals surface area contributed by atoms with Gasteiger partial charge in [-0.1, -0.05) is 6.07 Å². The quantitative estimate of drug-likeness (QED) is 0.855. The molecule has 0 radical (unpaired) electrons. The highest BCUT2D eigenvalue weighted by atomic mass is 16.2. The van der Waals surface area contributed by atoms with Crippen LogP contribution >= 0.6 is 0 Å². The zero-order chi connectivity index (χ0) is 14.1. The third kappa shape index (κ3) is 2.30. The summed E-state index contributed by atoms with van der Waals surface area (Å²) >= 11 is 0. The van der Waals surface area contributed by atoms with Crippen molar-refractivity contribution in [3.05, 3.63) is 46.5 Å². The van der Waals surface area contributed by atoms with Gasteiger partial charge >= 0.3 is 0 Å². The first-order valence-corrected chi connectivity index (χ1v) is 6.61. The molecule has 6 nitrogen and oxygen atoms in total. The van der Waals surface area contributed by atoms with Crippen LogP contribution in [0, 0.1) is 0 Å². The van der Waals surface area contributed by atoms with Crippen LogP contribution in [0.5, 0.6) is 0 Å². The van der Waals surface area contributed by atoms with Crippen molar-refractivity contribution in [1.29, 1.82) is 0 Å². The summed E-state index contributed by atoms with van der Waals surface area (Å²) in [5.41, 5.74) is 1.16. The number of rotatable bonds is 3. The fraction of sp³-hybridized carbons (Fsp3) is 0.357. The number of nitrogens with one attached hydrogen (secondary N) is 1. The highest BCUT2D eigenvalue weighted by Crippen LogP contribution is 2.09. The van der Waals surface area contributed by atoms with E-state index < -0.39 is 0 Å². The first-order valence-electron chi connectivity index (χ1n) is 6.61. The molecule has 0 saturated carbocycles. The van der Waals surface area contributed by atoms with Crippen molar-refractivity contribution in [2.75, 3.05) is 13.6 Å². The number of carbonyl (C=O) groups is 1. The predicted octanol–water partition coefficient (Wildman–Crippen LogP) is 0.0148. The number of carbonyl (C=O) groups excluding carboxylic acids is 1. The molecule has 1 N–H and O–H groups in total. The molecule has 3 heterocycles. The Balaban J connectivity index is 1.78. The average Bonchev–Trinajstić information content (AvgIpc) is 2.77. The van der Waals surface area contributed by atoms with Crippen molar-refractivity contribution >= 4 is 11.6 Å². The Morgan fingerprint density at radius 1 is 1.40 bits per heavy atom. The van der Waals surface area contributed by atoms with Crippen molar-refractivity contribution < 1.29 is 4.79 Å². The van der Waals surface area contributed by atoms with E-state index in [1.54, 1.807) is 30.3 Å². The minimum absolute atomic E-state index is 0.0995. The van der Waals surface area contributed by atoms with Crippen LogP contribution in [0.1, 0.15) is 12.1 Å². The normalized spacial score (nSPS) is 18.9. The third-order valence-corrected chi connectivity index (χ3v) is 3.58. The number of nitrogens with zero attached hydrogens (tertiary/aromatic N) is 3. The Kier molecular flexibility index (Phi) is 3.23. The molecule has 1 amide bonds. The largest absolute Gasteiger partial charge is 0.344 e. The average molecular weight is 272 g/mol. The molecular formula is C14H16N4O2. The summed E-state index contributed by atoms with van der Waals surface area (Å²) in [5.74, 6) is 0.0995. The summed E-state index contributed by atoms with van der Waals surface area (Å²) in [5, 5.41) is 3.17. The lowest BCUT2D eigenvalue weighted by Gasteiger charge is -2.12. The van der Waals surface area contributed by atoms with Gasteiger partial charge in [-0.05, 0) is 18.6 Å². The van der Waals surface area contributed by atoms with Crippen LogP contribution in [-0.2, 0) is 11.3 Å². The lowest BCUT2D eigenvalue weighted by Crippen LogP contribution is -2.36. The minimum Gasteiger partial charge on any atom is -0.344 e. The monoisotopic (exact) mass is 272 g/mol. The summed E-state index contributed by atoms with van der Waals surface area (Å²) in [7, 11) is 1.80. The van der Waals surface area contributed by atoms with Crippen molar-refractivity contribution in [2.45, 2.75) is 19.0 Å². The Labute approximate surface area is 116 Å². The van der Waals surface area contributed by atoms with Gasteiger partial charge in [-0.15, -0.1) is 0 Å². The van der Waals surface area contributed by atoms with Crippen LogP contribution in [0.2, 0.25) is 0 Å². The number of pyridine rings is 1. The van der Waals surface area contributed by atoms with E-state index >= 15 is 0 Å². The third-order valence-electron chi connectivity index (χ3n) is 3.58. The summed E-state index contributed by atoms with van der Waals surface area (Å²) in [6.07, 6.45) is 2.49. The van der Waals surface area contributed by atoms with Crippen molar-refractivity contribution in [3.8, 4) is 0 Å². The van der Waals surface area contributed by atoms with Gasteiger partial charge in [-0.25, -0.2) is 4.98 Å². The second-order valence-corrected chi connectivity index (χ2v) is 5.00. The molecule has 0 aliphatic carbocycles. The highest BCUT2D eigenvalue weighted by molar-refractivity contribution is 5.83. The smallest absolute Gasteiger partial charge is 0.258 e. The summed E-state index contributed by atoms with van der Waals surface area (Å²) < 4.78 is 1.50. The molecule has 2 aromatic rings. The Bertz CT molecular complexity index is 710. The summed E-state index contributed by atoms with van der Waals surface area (Å²) in [6, 6.07) is 6.76. The van der Waals surface area contributed by atoms with Crippen LogP contribution < -0.4 is 10.9 Å². The number of likely N-dealkylation sites (N-methyl/N-ethyl adjacent to an activating group) is 1. The maximum absolute atomic E-state index is 11.9. The van der Waals surface area contributed by atoms with Crippen molar-refractivity contribution in [2.24, 2.45) is 0 Å². The van der Waals surface area contributed by atoms with E-state index in [2.05, 4.69) is 10.3 Å². The highest BCUT2D eigenvalue weighted by Gasteiger charge is 2.28. The standard InChI is InChI=1S/C14H16N4O2/c1-17-7-5-11(14(17)20)15-9-10-8-13(19)18-6-3-2-4-12(18)16-10/h2-4,6,8,11,15H,5,7,9H2,1H3. The van der Waals surface area contributed by atoms with E-state index in [4.69, 9.17) is 0 Å². The second kappa shape index (κ2) is 5.05. The molecule has 1 aliphatic heterocycles. The number of hydrogen-bond donors (Lipinski definition) is 1. The SMILES string of the molecule is CN1CCC(NCc2cc(=O)n3ccccc3n2)C1=O. The molecule has 20 heavy (non-hydrogen) atoms. The Morgan fingerprint density at radius 3 is 3.00 bits per heavy atom. The van der Waals surface area contributed by atoms with Crippen LogP contribution in [0.4, 0.5) is 0 Å². The van der Waals surface area contributed by atoms with E-state index in [-0.39, 0.29) is 17.5 Å². The van der Waals surface area contributed by atoms with E-state index in [0.717, 1.165) is 13.0 Å². The van der Waals surface area contributed by atoms with Gasteiger partial charge in [0.05, 0.1) is 11.7 Å². The molecule has 1 saturated heterocycles. The minimum atomic E-state index is -0.170. The molecule has 0 aromatic carbocycles. The van der Waals surface area contributed by atoms with Crippen molar-refractivity contribution in [3.63, 3.8) is 0 Å². The van der Waals surface area contributed by atoms with Gasteiger partial charge in [0.2, 0.25) is 5.91 Å². The second-order valence-electron chi connectivity index (χ2n) is 5.00. The van der Waals surface area contributed by atoms with Gasteiger partial charge < -0.3 is 10.2 Å². The molecule has 0 spiro atoms. The van der Waals surface area contributed by atoms with E-state index in [0.29, 0.717) is 17.9 Å². The van der Waals surface area contributed by atoms with E-state index in [1.165, 1.54) is 10.5 Å². The number of amides is 1. The van der Waals surface area contributed by atoms with Gasteiger partial charge in [0.15, 0.2) is 0 Å². The molecule has 3 rings (SSSR count). The molecule has 1 unspecified atom stereocenters. The van der Waals surface area contributed by atoms with Crippen LogP contribution in [0.3, 0.4) is 0 Å². The molecule has 1 fully saturated rings. The molecule has 2 aromatic heterocycles. The maximum atomic E-state index is 11.9. The number of fused-ring (bicyclic) bond motifs is 1. The van der Waals surface area contributed by atoms with E-state index in [1.807, 2.05) is 6.07 Å². The predicted molar refractivity (Wildman–Crippen MR) is 74.3 cm³/mol. The Hall–Kier alpha value is -2.21. The summed E-state index contributed by atoms with van der Waals surface area (Å²) in [4.78, 5) is 29.8. The topological polar surface area (TPSA) is 66.7 Å². The zero-order valence-electron chi connectivity index (χ0n) is 11.2. The van der Waals surface area contributed by atoms with Gasteiger partial charge in [0, 0.05) is 32.4 Å². The molecule has 0 bridgehead atoms. The number of aromatic nitrogens is 2. The van der Waals surface area contributed by atoms with Crippen LogP contribution in [0.25, 0.3) is 5.65 Å². The number of likely N-dealkylation sites (tertiary alicyclic amines) is 1. The van der Waals surface area contributed by atoms with Crippen LogP contribution in [-0.4, -0.2) is 39.8 Å². The lowest BCUT2D eigenvalue weighted by molar-refractivity contribution is -0.128. The van der Waals surface area contributed by atoms with Gasteiger partial charge in [0.1, 0.15) is 5.65 Å². The molecule has 1 atom stereocenters. The van der Waals surface area contributed by atoms with Gasteiger partial charge in [-0.3, -0.25) is 14.0 Å². The number of hydrogen-bond acceptors (Lipinski definition) is 4. The molecule has 104 valence electrons. The zero-order valence-corrected chi connectivity index (χ0v) is 11.2.